The average molecular weight is 458 g/mol. The van der Waals surface area contributed by atoms with Crippen LogP contribution in [0.25, 0.3) is 0 Å². The van der Waals surface area contributed by atoms with Gasteiger partial charge in [-0.25, -0.2) is 0 Å². The van der Waals surface area contributed by atoms with Gasteiger partial charge in [0.15, 0.2) is 5.76 Å². The van der Waals surface area contributed by atoms with Crippen molar-refractivity contribution in [2.45, 2.75) is 83.0 Å². The van der Waals surface area contributed by atoms with Gasteiger partial charge in [0.2, 0.25) is 5.91 Å². The number of carbonyl (C=O) groups is 2. The summed E-state index contributed by atoms with van der Waals surface area (Å²) in [6.07, 6.45) is 9.84. The Hall–Kier alpha value is -1.86. The van der Waals surface area contributed by atoms with Gasteiger partial charge in [-0.05, 0) is 75.8 Å². The van der Waals surface area contributed by atoms with Gasteiger partial charge in [0.05, 0.1) is 31.6 Å². The van der Waals surface area contributed by atoms with Crippen molar-refractivity contribution in [2.24, 2.45) is 11.8 Å². The van der Waals surface area contributed by atoms with Crippen molar-refractivity contribution >= 4 is 11.8 Å². The lowest BCUT2D eigenvalue weighted by atomic mass is 9.68. The van der Waals surface area contributed by atoms with Crippen LogP contribution in [0.4, 0.5) is 0 Å². The average Bonchev–Trinajstić information content (AvgIpc) is 3.38. The van der Waals surface area contributed by atoms with Gasteiger partial charge in [0, 0.05) is 38.6 Å². The minimum Gasteiger partial charge on any atom is -0.459 e. The van der Waals surface area contributed by atoms with Crippen molar-refractivity contribution in [3.05, 3.63) is 24.2 Å². The summed E-state index contributed by atoms with van der Waals surface area (Å²) in [5.41, 5.74) is 0. The van der Waals surface area contributed by atoms with Crippen LogP contribution in [-0.2, 0) is 9.53 Å². The van der Waals surface area contributed by atoms with E-state index in [1.807, 2.05) is 4.90 Å². The first-order chi connectivity index (χ1) is 16.0. The molecule has 2 aliphatic heterocycles. The number of amides is 2. The van der Waals surface area contributed by atoms with Gasteiger partial charge in [-0.2, -0.15) is 0 Å². The molecule has 0 N–H and O–H groups in total. The number of carbonyl (C=O) groups excluding carboxylic acids is 2. The first-order valence-electron chi connectivity index (χ1n) is 13.0. The van der Waals surface area contributed by atoms with E-state index in [0.717, 1.165) is 51.5 Å². The van der Waals surface area contributed by atoms with Crippen molar-refractivity contribution in [3.8, 4) is 0 Å². The maximum Gasteiger partial charge on any atom is 0.289 e. The van der Waals surface area contributed by atoms with Crippen LogP contribution >= 0.6 is 0 Å². The lowest BCUT2D eigenvalue weighted by Crippen LogP contribution is -2.67. The van der Waals surface area contributed by atoms with E-state index in [1.165, 1.54) is 25.7 Å². The smallest absolute Gasteiger partial charge is 0.289 e. The van der Waals surface area contributed by atoms with Crippen molar-refractivity contribution in [3.63, 3.8) is 0 Å². The molecule has 2 amide bonds. The third kappa shape index (κ3) is 4.59. The van der Waals surface area contributed by atoms with E-state index < -0.39 is 0 Å². The minimum atomic E-state index is -0.0262. The van der Waals surface area contributed by atoms with E-state index in [4.69, 9.17) is 9.15 Å². The SMILES string of the molecule is CC(=O)N1C2CCC(C3CCC(N4CCOCC4)CC3)CC2N(C(=O)c2ccco2)C[C@@H]1C. The molecule has 0 bridgehead atoms. The third-order valence-corrected chi connectivity index (χ3v) is 8.84. The van der Waals surface area contributed by atoms with Crippen LogP contribution in [0.1, 0.15) is 69.3 Å². The Morgan fingerprint density at radius 2 is 1.70 bits per heavy atom. The molecule has 4 aliphatic rings. The molecule has 5 rings (SSSR count). The molecule has 182 valence electrons. The summed E-state index contributed by atoms with van der Waals surface area (Å²) in [5, 5.41) is 0. The van der Waals surface area contributed by atoms with Gasteiger partial charge in [-0.1, -0.05) is 0 Å². The normalized spacial score (nSPS) is 35.8. The summed E-state index contributed by atoms with van der Waals surface area (Å²) in [6.45, 7) is 8.22. The molecular formula is C26H39N3O4. The van der Waals surface area contributed by atoms with Crippen LogP contribution in [0.5, 0.6) is 0 Å². The highest BCUT2D eigenvalue weighted by Crippen LogP contribution is 2.43. The highest BCUT2D eigenvalue weighted by molar-refractivity contribution is 5.92. The van der Waals surface area contributed by atoms with Gasteiger partial charge < -0.3 is 19.0 Å². The number of piperazine rings is 1. The molecule has 4 fully saturated rings. The third-order valence-electron chi connectivity index (χ3n) is 8.84. The number of morpholine rings is 1. The van der Waals surface area contributed by atoms with Gasteiger partial charge in [-0.3, -0.25) is 14.5 Å². The molecule has 1 aromatic rings. The van der Waals surface area contributed by atoms with Crippen LogP contribution in [0, 0.1) is 11.8 Å². The summed E-state index contributed by atoms with van der Waals surface area (Å²) in [5.74, 6) is 1.87. The van der Waals surface area contributed by atoms with Gasteiger partial charge >= 0.3 is 0 Å². The number of hydrogen-bond acceptors (Lipinski definition) is 5. The molecular weight excluding hydrogens is 418 g/mol. The Bertz CT molecular complexity index is 814. The van der Waals surface area contributed by atoms with Crippen molar-refractivity contribution in [2.75, 3.05) is 32.8 Å². The predicted molar refractivity (Wildman–Crippen MR) is 125 cm³/mol. The second-order valence-electron chi connectivity index (χ2n) is 10.6. The fourth-order valence-corrected chi connectivity index (χ4v) is 7.28. The Labute approximate surface area is 197 Å². The van der Waals surface area contributed by atoms with E-state index in [1.54, 1.807) is 25.3 Å². The Morgan fingerprint density at radius 1 is 0.970 bits per heavy atom. The van der Waals surface area contributed by atoms with Crippen LogP contribution in [0.3, 0.4) is 0 Å². The van der Waals surface area contributed by atoms with E-state index in [0.29, 0.717) is 24.3 Å². The zero-order valence-electron chi connectivity index (χ0n) is 20.2. The van der Waals surface area contributed by atoms with Crippen LogP contribution in [0.15, 0.2) is 22.8 Å². The highest BCUT2D eigenvalue weighted by Gasteiger charge is 2.48. The molecule has 3 heterocycles. The molecule has 33 heavy (non-hydrogen) atoms. The first-order valence-corrected chi connectivity index (χ1v) is 13.0. The predicted octanol–water partition coefficient (Wildman–Crippen LogP) is 3.40. The molecule has 4 atom stereocenters. The standard InChI is InChI=1S/C26H39N3O4/c1-18-17-28(26(31)25-4-3-13-33-25)24-16-21(7-10-23(24)29(18)19(2)30)20-5-8-22(9-6-20)27-11-14-32-15-12-27/h3-4,13,18,20-24H,5-12,14-17H2,1-2H3/t18-,20?,21?,22?,23?,24?/m0/s1. The molecule has 0 radical (unpaired) electrons. The quantitative estimate of drug-likeness (QED) is 0.696. The molecule has 7 heteroatoms. The minimum absolute atomic E-state index is 0.0262. The molecule has 3 unspecified atom stereocenters. The topological polar surface area (TPSA) is 66.2 Å². The number of furan rings is 1. The van der Waals surface area contributed by atoms with E-state index in [-0.39, 0.29) is 29.9 Å². The van der Waals surface area contributed by atoms with Crippen LogP contribution in [-0.4, -0.2) is 83.5 Å². The van der Waals surface area contributed by atoms with Crippen LogP contribution < -0.4 is 0 Å². The molecule has 2 aliphatic carbocycles. The highest BCUT2D eigenvalue weighted by atomic mass is 16.5. The Morgan fingerprint density at radius 3 is 2.36 bits per heavy atom. The van der Waals surface area contributed by atoms with Gasteiger partial charge in [0.25, 0.3) is 5.91 Å². The number of hydrogen-bond donors (Lipinski definition) is 0. The van der Waals surface area contributed by atoms with Crippen LogP contribution in [0.2, 0.25) is 0 Å². The molecule has 0 aromatic carbocycles. The maximum atomic E-state index is 13.4. The molecule has 2 saturated heterocycles. The fourth-order valence-electron chi connectivity index (χ4n) is 7.28. The molecule has 1 aromatic heterocycles. The van der Waals surface area contributed by atoms with Gasteiger partial charge in [-0.15, -0.1) is 0 Å². The van der Waals surface area contributed by atoms with E-state index in [9.17, 15) is 9.59 Å². The number of fused-ring (bicyclic) bond motifs is 1. The summed E-state index contributed by atoms with van der Waals surface area (Å²) < 4.78 is 11.0. The van der Waals surface area contributed by atoms with Crippen molar-refractivity contribution in [1.82, 2.24) is 14.7 Å². The summed E-state index contributed by atoms with van der Waals surface area (Å²) >= 11 is 0. The summed E-state index contributed by atoms with van der Waals surface area (Å²) in [7, 11) is 0. The lowest BCUT2D eigenvalue weighted by Gasteiger charge is -2.55. The van der Waals surface area contributed by atoms with Crippen molar-refractivity contribution in [1.29, 1.82) is 0 Å². The molecule has 2 saturated carbocycles. The zero-order valence-corrected chi connectivity index (χ0v) is 20.2. The molecule has 0 spiro atoms. The van der Waals surface area contributed by atoms with Gasteiger partial charge in [0.1, 0.15) is 0 Å². The zero-order chi connectivity index (χ0) is 22.9. The Kier molecular flexibility index (Phi) is 6.79. The first kappa shape index (κ1) is 22.9. The monoisotopic (exact) mass is 457 g/mol. The summed E-state index contributed by atoms with van der Waals surface area (Å²) in [4.78, 5) is 32.6. The largest absolute Gasteiger partial charge is 0.459 e. The second-order valence-corrected chi connectivity index (χ2v) is 10.6. The fraction of sp³-hybridized carbons (Fsp3) is 0.769. The van der Waals surface area contributed by atoms with E-state index >= 15 is 0 Å². The molecule has 7 nitrogen and oxygen atoms in total. The Balaban J connectivity index is 1.28. The van der Waals surface area contributed by atoms with E-state index in [2.05, 4.69) is 16.7 Å². The summed E-state index contributed by atoms with van der Waals surface area (Å²) in [6, 6.07) is 4.47. The number of nitrogens with zero attached hydrogens (tertiary/aromatic N) is 3. The second kappa shape index (κ2) is 9.79. The maximum absolute atomic E-state index is 13.4. The number of ether oxygens (including phenoxy) is 1. The lowest BCUT2D eigenvalue weighted by molar-refractivity contribution is -0.142. The van der Waals surface area contributed by atoms with Crippen molar-refractivity contribution < 1.29 is 18.7 Å². The number of rotatable bonds is 3.